The summed E-state index contributed by atoms with van der Waals surface area (Å²) < 4.78 is 1.28. The van der Waals surface area contributed by atoms with Gasteiger partial charge in [0.2, 0.25) is 0 Å². The fraction of sp³-hybridized carbons (Fsp3) is 0.136. The van der Waals surface area contributed by atoms with Gasteiger partial charge in [-0.2, -0.15) is 0 Å². The highest BCUT2D eigenvalue weighted by Gasteiger charge is 2.20. The smallest absolute Gasteiger partial charge is 0.319 e. The zero-order valence-electron chi connectivity index (χ0n) is 16.6. The van der Waals surface area contributed by atoms with Crippen molar-refractivity contribution >= 4 is 40.9 Å². The van der Waals surface area contributed by atoms with Crippen LogP contribution >= 0.6 is 23.2 Å². The van der Waals surface area contributed by atoms with Crippen molar-refractivity contribution in [3.8, 4) is 5.75 Å². The number of aliphatic carboxylic acids is 1. The van der Waals surface area contributed by atoms with Crippen LogP contribution < -0.4 is 16.2 Å². The number of amides is 2. The van der Waals surface area contributed by atoms with E-state index in [2.05, 4.69) is 10.6 Å². The Labute approximate surface area is 193 Å². The van der Waals surface area contributed by atoms with E-state index in [9.17, 15) is 24.6 Å². The molecular formula is C22H19Cl2N3O5. The van der Waals surface area contributed by atoms with Crippen LogP contribution in [0.3, 0.4) is 0 Å². The van der Waals surface area contributed by atoms with Gasteiger partial charge in [-0.15, -0.1) is 0 Å². The lowest BCUT2D eigenvalue weighted by Crippen LogP contribution is -2.36. The molecule has 1 aromatic heterocycles. The number of carbonyl (C=O) groups excluding carboxylic acids is 1. The summed E-state index contributed by atoms with van der Waals surface area (Å²) in [5.41, 5.74) is 0.151. The number of carboxylic acids is 1. The van der Waals surface area contributed by atoms with Crippen molar-refractivity contribution in [3.63, 3.8) is 0 Å². The number of anilines is 1. The number of nitrogens with one attached hydrogen (secondary N) is 2. The van der Waals surface area contributed by atoms with E-state index in [4.69, 9.17) is 23.2 Å². The zero-order chi connectivity index (χ0) is 23.3. The van der Waals surface area contributed by atoms with Crippen molar-refractivity contribution in [1.82, 2.24) is 9.88 Å². The summed E-state index contributed by atoms with van der Waals surface area (Å²) in [6, 6.07) is 12.9. The molecule has 2 amide bonds. The quantitative estimate of drug-likeness (QED) is 0.407. The molecule has 3 rings (SSSR count). The van der Waals surface area contributed by atoms with E-state index in [0.717, 1.165) is 0 Å². The molecule has 1 unspecified atom stereocenters. The van der Waals surface area contributed by atoms with Gasteiger partial charge in [0.1, 0.15) is 5.75 Å². The Morgan fingerprint density at radius 2 is 1.81 bits per heavy atom. The lowest BCUT2D eigenvalue weighted by Gasteiger charge is -2.18. The van der Waals surface area contributed by atoms with Gasteiger partial charge in [0.05, 0.1) is 19.0 Å². The minimum atomic E-state index is -1.14. The molecule has 0 radical (unpaired) electrons. The predicted molar refractivity (Wildman–Crippen MR) is 122 cm³/mol. The number of nitrogens with zero attached hydrogens (tertiary/aromatic N) is 1. The second-order valence-corrected chi connectivity index (χ2v) is 7.75. The van der Waals surface area contributed by atoms with Gasteiger partial charge in [-0.1, -0.05) is 53.5 Å². The second kappa shape index (κ2) is 10.2. The summed E-state index contributed by atoms with van der Waals surface area (Å²) >= 11 is 12.1. The molecule has 3 aromatic rings. The van der Waals surface area contributed by atoms with Crippen LogP contribution in [0.1, 0.15) is 23.6 Å². The minimum absolute atomic E-state index is 0.124. The maximum atomic E-state index is 12.8. The number of benzene rings is 2. The van der Waals surface area contributed by atoms with Crippen LogP contribution in [0.15, 0.2) is 65.6 Å². The number of hydrogen-bond donors (Lipinski definition) is 4. The topological polar surface area (TPSA) is 121 Å². The van der Waals surface area contributed by atoms with Crippen LogP contribution in [-0.4, -0.2) is 26.8 Å². The Morgan fingerprint density at radius 1 is 1.06 bits per heavy atom. The SMILES string of the molecule is O=C(O)CC(NC(=O)Nc1c(O)ccn(Cc2ccccc2Cl)c1=O)c1cccc(Cl)c1. The first-order valence-electron chi connectivity index (χ1n) is 9.45. The van der Waals surface area contributed by atoms with Gasteiger partial charge >= 0.3 is 12.0 Å². The highest BCUT2D eigenvalue weighted by atomic mass is 35.5. The van der Waals surface area contributed by atoms with Gasteiger partial charge in [0.15, 0.2) is 5.69 Å². The number of pyridine rings is 1. The van der Waals surface area contributed by atoms with Crippen LogP contribution in [0.25, 0.3) is 0 Å². The first kappa shape index (κ1) is 23.2. The molecule has 0 aliphatic heterocycles. The van der Waals surface area contributed by atoms with Crippen LogP contribution in [0, 0.1) is 0 Å². The Hall–Kier alpha value is -3.49. The second-order valence-electron chi connectivity index (χ2n) is 6.90. The standard InChI is InChI=1S/C22H19Cl2N3O5/c23-15-6-3-5-13(10-15)17(11-19(29)30)25-22(32)26-20-18(28)8-9-27(21(20)31)12-14-4-1-2-7-16(14)24/h1-10,17,28H,11-12H2,(H,29,30)(H2,25,26,32). The number of halogens is 2. The third kappa shape index (κ3) is 5.81. The molecule has 4 N–H and O–H groups in total. The molecule has 2 aromatic carbocycles. The van der Waals surface area contributed by atoms with Crippen molar-refractivity contribution in [2.75, 3.05) is 5.32 Å². The first-order valence-corrected chi connectivity index (χ1v) is 10.2. The largest absolute Gasteiger partial charge is 0.505 e. The normalized spacial score (nSPS) is 11.6. The molecule has 166 valence electrons. The summed E-state index contributed by atoms with van der Waals surface area (Å²) in [7, 11) is 0. The van der Waals surface area contributed by atoms with E-state index < -0.39 is 35.8 Å². The maximum Gasteiger partial charge on any atom is 0.319 e. The summed E-state index contributed by atoms with van der Waals surface area (Å²) in [5, 5.41) is 25.0. The van der Waals surface area contributed by atoms with E-state index in [-0.39, 0.29) is 12.2 Å². The van der Waals surface area contributed by atoms with Crippen molar-refractivity contribution in [2.24, 2.45) is 0 Å². The van der Waals surface area contributed by atoms with Crippen molar-refractivity contribution in [2.45, 2.75) is 19.0 Å². The van der Waals surface area contributed by atoms with E-state index in [1.54, 1.807) is 42.5 Å². The molecule has 0 saturated heterocycles. The Bertz CT molecular complexity index is 1210. The molecule has 8 nitrogen and oxygen atoms in total. The average molecular weight is 476 g/mol. The number of carbonyl (C=O) groups is 2. The molecule has 0 spiro atoms. The van der Waals surface area contributed by atoms with Crippen molar-refractivity contribution in [1.29, 1.82) is 0 Å². The molecule has 0 fully saturated rings. The Kier molecular flexibility index (Phi) is 7.40. The van der Waals surface area contributed by atoms with E-state index in [0.29, 0.717) is 21.2 Å². The average Bonchev–Trinajstić information content (AvgIpc) is 2.74. The molecule has 32 heavy (non-hydrogen) atoms. The molecule has 0 aliphatic rings. The van der Waals surface area contributed by atoms with Gasteiger partial charge in [0, 0.05) is 16.2 Å². The molecular weight excluding hydrogens is 457 g/mol. The molecule has 0 aliphatic carbocycles. The summed E-state index contributed by atoms with van der Waals surface area (Å²) in [4.78, 5) is 36.6. The number of aromatic nitrogens is 1. The van der Waals surface area contributed by atoms with E-state index in [1.165, 1.54) is 22.9 Å². The highest BCUT2D eigenvalue weighted by molar-refractivity contribution is 6.31. The lowest BCUT2D eigenvalue weighted by atomic mass is 10.0. The van der Waals surface area contributed by atoms with Gasteiger partial charge in [-0.3, -0.25) is 9.59 Å². The molecule has 10 heteroatoms. The number of aromatic hydroxyl groups is 1. The van der Waals surface area contributed by atoms with Crippen molar-refractivity contribution < 1.29 is 19.8 Å². The number of hydrogen-bond acceptors (Lipinski definition) is 4. The lowest BCUT2D eigenvalue weighted by molar-refractivity contribution is -0.137. The van der Waals surface area contributed by atoms with Gasteiger partial charge in [-0.25, -0.2) is 4.79 Å². The predicted octanol–water partition coefficient (Wildman–Crippen LogP) is 4.25. The maximum absolute atomic E-state index is 12.8. The van der Waals surface area contributed by atoms with Crippen LogP contribution in [0.5, 0.6) is 5.75 Å². The summed E-state index contributed by atoms with van der Waals surface area (Å²) in [6.45, 7) is 0.124. The monoisotopic (exact) mass is 475 g/mol. The highest BCUT2D eigenvalue weighted by Crippen LogP contribution is 2.23. The third-order valence-corrected chi connectivity index (χ3v) is 5.22. The van der Waals surface area contributed by atoms with E-state index >= 15 is 0 Å². The van der Waals surface area contributed by atoms with Crippen LogP contribution in [-0.2, 0) is 11.3 Å². The summed E-state index contributed by atoms with van der Waals surface area (Å²) in [6.07, 6.45) is 0.967. The number of carboxylic acid groups (broad SMARTS) is 1. The van der Waals surface area contributed by atoms with Crippen LogP contribution in [0.2, 0.25) is 10.0 Å². The fourth-order valence-corrected chi connectivity index (χ4v) is 3.47. The zero-order valence-corrected chi connectivity index (χ0v) is 18.1. The van der Waals surface area contributed by atoms with Gasteiger partial charge < -0.3 is 25.4 Å². The minimum Gasteiger partial charge on any atom is -0.505 e. The first-order chi connectivity index (χ1) is 15.2. The van der Waals surface area contributed by atoms with Gasteiger partial charge in [-0.05, 0) is 35.4 Å². The number of urea groups is 1. The molecule has 1 heterocycles. The molecule has 1 atom stereocenters. The third-order valence-electron chi connectivity index (χ3n) is 4.62. The fourth-order valence-electron chi connectivity index (χ4n) is 3.07. The molecule has 0 bridgehead atoms. The van der Waals surface area contributed by atoms with Crippen molar-refractivity contribution in [3.05, 3.63) is 92.3 Å². The molecule has 0 saturated carbocycles. The Morgan fingerprint density at radius 3 is 2.50 bits per heavy atom. The summed E-state index contributed by atoms with van der Waals surface area (Å²) in [5.74, 6) is -1.57. The Balaban J connectivity index is 1.82. The van der Waals surface area contributed by atoms with Gasteiger partial charge in [0.25, 0.3) is 5.56 Å². The van der Waals surface area contributed by atoms with E-state index in [1.807, 2.05) is 0 Å². The number of rotatable bonds is 7. The van der Waals surface area contributed by atoms with Crippen LogP contribution in [0.4, 0.5) is 10.5 Å².